The van der Waals surface area contributed by atoms with Gasteiger partial charge in [0.1, 0.15) is 5.75 Å². The molecule has 1 N–H and O–H groups in total. The van der Waals surface area contributed by atoms with E-state index in [0.29, 0.717) is 36.2 Å². The van der Waals surface area contributed by atoms with Gasteiger partial charge in [0.2, 0.25) is 10.0 Å². The molecule has 7 heteroatoms. The van der Waals surface area contributed by atoms with Gasteiger partial charge in [-0.2, -0.15) is 0 Å². The van der Waals surface area contributed by atoms with Crippen molar-refractivity contribution in [3.8, 4) is 5.75 Å². The van der Waals surface area contributed by atoms with Crippen LogP contribution < -0.4 is 9.46 Å². The molecule has 1 amide bonds. The maximum Gasteiger partial charge on any atom is 0.257 e. The van der Waals surface area contributed by atoms with Gasteiger partial charge in [-0.25, -0.2) is 13.1 Å². The molecule has 2 aliphatic carbocycles. The zero-order valence-corrected chi connectivity index (χ0v) is 17.3. The first-order chi connectivity index (χ1) is 13.5. The fraction of sp³-hybridized carbons (Fsp3) is 0.667. The molecule has 28 heavy (non-hydrogen) atoms. The number of fused-ring (bicyclic) bond motifs is 2. The maximum absolute atomic E-state index is 13.1. The summed E-state index contributed by atoms with van der Waals surface area (Å²) >= 11 is 0. The largest absolute Gasteiger partial charge is 0.496 e. The number of methoxy groups -OCH3 is 1. The highest BCUT2D eigenvalue weighted by Crippen LogP contribution is 2.44. The van der Waals surface area contributed by atoms with Crippen LogP contribution in [0.25, 0.3) is 0 Å². The molecule has 6 nitrogen and oxygen atoms in total. The number of hydrogen-bond donors (Lipinski definition) is 1. The summed E-state index contributed by atoms with van der Waals surface area (Å²) in [5, 5.41) is 0. The van der Waals surface area contributed by atoms with E-state index in [1.165, 1.54) is 25.7 Å². The Kier molecular flexibility index (Phi) is 5.65. The van der Waals surface area contributed by atoms with Gasteiger partial charge in [-0.3, -0.25) is 4.79 Å². The molecule has 1 aromatic carbocycles. The number of hydrogen-bond acceptors (Lipinski definition) is 4. The number of sulfonamides is 1. The van der Waals surface area contributed by atoms with Crippen LogP contribution in [-0.2, 0) is 10.0 Å². The average Bonchev–Trinajstić information content (AvgIpc) is 3.19. The van der Waals surface area contributed by atoms with Crippen LogP contribution in [0.2, 0.25) is 0 Å². The Labute approximate surface area is 167 Å². The Morgan fingerprint density at radius 3 is 2.46 bits per heavy atom. The van der Waals surface area contributed by atoms with Crippen LogP contribution in [0.5, 0.6) is 5.75 Å². The molecular formula is C21H30N2O4S. The summed E-state index contributed by atoms with van der Waals surface area (Å²) in [6, 6.07) is 4.64. The molecule has 0 spiro atoms. The van der Waals surface area contributed by atoms with E-state index in [1.807, 2.05) is 4.90 Å². The van der Waals surface area contributed by atoms with Crippen LogP contribution in [0.4, 0.5) is 0 Å². The third-order valence-corrected chi connectivity index (χ3v) is 8.14. The number of carbonyl (C=O) groups is 1. The van der Waals surface area contributed by atoms with E-state index in [2.05, 4.69) is 4.72 Å². The number of benzene rings is 1. The first-order valence-corrected chi connectivity index (χ1v) is 12.0. The van der Waals surface area contributed by atoms with Gasteiger partial charge >= 0.3 is 0 Å². The monoisotopic (exact) mass is 406 g/mol. The fourth-order valence-corrected chi connectivity index (χ4v) is 6.47. The molecule has 0 radical (unpaired) electrons. The van der Waals surface area contributed by atoms with Crippen LogP contribution in [0, 0.1) is 11.8 Å². The summed E-state index contributed by atoms with van der Waals surface area (Å²) in [4.78, 5) is 15.1. The van der Waals surface area contributed by atoms with E-state index in [4.69, 9.17) is 4.74 Å². The van der Waals surface area contributed by atoms with Crippen molar-refractivity contribution in [3.63, 3.8) is 0 Å². The summed E-state index contributed by atoms with van der Waals surface area (Å²) in [5.74, 6) is 1.40. The highest BCUT2D eigenvalue weighted by molar-refractivity contribution is 7.89. The molecule has 0 unspecified atom stereocenters. The minimum Gasteiger partial charge on any atom is -0.496 e. The normalized spacial score (nSPS) is 27.6. The predicted octanol–water partition coefficient (Wildman–Crippen LogP) is 3.18. The lowest BCUT2D eigenvalue weighted by molar-refractivity contribution is 0.0758. The van der Waals surface area contributed by atoms with Crippen molar-refractivity contribution in [1.29, 1.82) is 0 Å². The highest BCUT2D eigenvalue weighted by atomic mass is 32.2. The summed E-state index contributed by atoms with van der Waals surface area (Å²) in [6.07, 6.45) is 8.62. The molecular weight excluding hydrogens is 376 g/mol. The third kappa shape index (κ3) is 3.92. The van der Waals surface area contributed by atoms with Crippen LogP contribution in [-0.4, -0.2) is 45.5 Å². The maximum atomic E-state index is 13.1. The van der Waals surface area contributed by atoms with Gasteiger partial charge < -0.3 is 9.64 Å². The molecule has 2 saturated carbocycles. The van der Waals surface area contributed by atoms with E-state index in [-0.39, 0.29) is 16.8 Å². The first-order valence-electron chi connectivity index (χ1n) is 10.5. The van der Waals surface area contributed by atoms with E-state index >= 15 is 0 Å². The smallest absolute Gasteiger partial charge is 0.257 e. The second-order valence-electron chi connectivity index (χ2n) is 8.47. The minimum absolute atomic E-state index is 0.0237. The van der Waals surface area contributed by atoms with Gasteiger partial charge in [-0.15, -0.1) is 0 Å². The molecule has 2 bridgehead atoms. The van der Waals surface area contributed by atoms with Crippen molar-refractivity contribution in [3.05, 3.63) is 23.8 Å². The average molecular weight is 407 g/mol. The van der Waals surface area contributed by atoms with Crippen LogP contribution >= 0.6 is 0 Å². The summed E-state index contributed by atoms with van der Waals surface area (Å²) in [6.45, 7) is 1.42. The van der Waals surface area contributed by atoms with Crippen molar-refractivity contribution in [2.75, 3.05) is 20.2 Å². The SMILES string of the molecule is COc1ccc(S(=O)(=O)N[C@@H]2C[C@H]3CC[C@@H]2C3)cc1C(=O)N1CCCCCC1. The zero-order chi connectivity index (χ0) is 19.7. The van der Waals surface area contributed by atoms with Crippen molar-refractivity contribution in [2.45, 2.75) is 62.3 Å². The lowest BCUT2D eigenvalue weighted by atomic mass is 9.96. The summed E-state index contributed by atoms with van der Waals surface area (Å²) in [7, 11) is -2.15. The molecule has 3 aliphatic rings. The molecule has 154 valence electrons. The topological polar surface area (TPSA) is 75.7 Å². The number of likely N-dealkylation sites (tertiary alicyclic amines) is 1. The van der Waals surface area contributed by atoms with Crippen LogP contribution in [0.3, 0.4) is 0 Å². The van der Waals surface area contributed by atoms with Crippen molar-refractivity contribution >= 4 is 15.9 Å². The van der Waals surface area contributed by atoms with E-state index in [1.54, 1.807) is 6.07 Å². The van der Waals surface area contributed by atoms with E-state index in [9.17, 15) is 13.2 Å². The van der Waals surface area contributed by atoms with Crippen molar-refractivity contribution < 1.29 is 17.9 Å². The number of nitrogens with one attached hydrogen (secondary N) is 1. The minimum atomic E-state index is -3.66. The van der Waals surface area contributed by atoms with Crippen LogP contribution in [0.15, 0.2) is 23.1 Å². The fourth-order valence-electron chi connectivity index (χ4n) is 5.12. The number of rotatable bonds is 5. The first kappa shape index (κ1) is 19.7. The Balaban J connectivity index is 1.57. The molecule has 0 aromatic heterocycles. The Morgan fingerprint density at radius 1 is 1.11 bits per heavy atom. The quantitative estimate of drug-likeness (QED) is 0.815. The molecule has 3 atom stereocenters. The Morgan fingerprint density at radius 2 is 1.86 bits per heavy atom. The Bertz CT molecular complexity index is 831. The summed E-state index contributed by atoms with van der Waals surface area (Å²) in [5.41, 5.74) is 0.334. The molecule has 1 aliphatic heterocycles. The molecule has 1 saturated heterocycles. The number of nitrogens with zero attached hydrogens (tertiary/aromatic N) is 1. The lowest BCUT2D eigenvalue weighted by Gasteiger charge is -2.24. The number of carbonyl (C=O) groups excluding carboxylic acids is 1. The standard InChI is InChI=1S/C21H30N2O4S/c1-27-20-9-8-17(14-18(20)21(24)23-10-4-2-3-5-11-23)28(25,26)22-19-13-15-6-7-16(19)12-15/h8-9,14-16,19,22H,2-7,10-13H2,1H3/t15-,16+,19+/m0/s1. The Hall–Kier alpha value is -1.60. The second kappa shape index (κ2) is 8.03. The van der Waals surface area contributed by atoms with Crippen molar-refractivity contribution in [1.82, 2.24) is 9.62 Å². The number of ether oxygens (including phenoxy) is 1. The molecule has 3 fully saturated rings. The van der Waals surface area contributed by atoms with Gasteiger partial charge in [0, 0.05) is 19.1 Å². The van der Waals surface area contributed by atoms with Gasteiger partial charge in [0.05, 0.1) is 17.6 Å². The van der Waals surface area contributed by atoms with Gasteiger partial charge in [-0.1, -0.05) is 19.3 Å². The van der Waals surface area contributed by atoms with Gasteiger partial charge in [-0.05, 0) is 62.1 Å². The lowest BCUT2D eigenvalue weighted by Crippen LogP contribution is -2.38. The van der Waals surface area contributed by atoms with Crippen molar-refractivity contribution in [2.24, 2.45) is 11.8 Å². The highest BCUT2D eigenvalue weighted by Gasteiger charge is 2.41. The molecule has 1 heterocycles. The molecule has 1 aromatic rings. The predicted molar refractivity (Wildman–Crippen MR) is 107 cm³/mol. The second-order valence-corrected chi connectivity index (χ2v) is 10.2. The third-order valence-electron chi connectivity index (χ3n) is 6.65. The van der Waals surface area contributed by atoms with Gasteiger partial charge in [0.25, 0.3) is 5.91 Å². The molecule has 4 rings (SSSR count). The summed E-state index contributed by atoms with van der Waals surface area (Å²) < 4.78 is 34.3. The van der Waals surface area contributed by atoms with Crippen LogP contribution in [0.1, 0.15) is 61.7 Å². The number of amides is 1. The zero-order valence-electron chi connectivity index (χ0n) is 16.5. The van der Waals surface area contributed by atoms with Gasteiger partial charge in [0.15, 0.2) is 0 Å². The van der Waals surface area contributed by atoms with E-state index < -0.39 is 10.0 Å². The van der Waals surface area contributed by atoms with E-state index in [0.717, 1.165) is 44.9 Å².